The number of fused-ring (bicyclic) bond motifs is 1. The normalized spacial score (nSPS) is 14.2. The number of nitrogens with zero attached hydrogens (tertiary/aromatic N) is 2. The molecule has 26 heavy (non-hydrogen) atoms. The molecule has 2 amide bonds. The number of carbonyl (C=O) groups is 2. The van der Waals surface area contributed by atoms with Crippen molar-refractivity contribution in [3.8, 4) is 17.0 Å². The van der Waals surface area contributed by atoms with Gasteiger partial charge in [0.2, 0.25) is 11.8 Å². The molecule has 1 aliphatic rings. The van der Waals surface area contributed by atoms with Gasteiger partial charge in [0.1, 0.15) is 12.4 Å². The molecule has 0 saturated carbocycles. The largest absolute Gasteiger partial charge is 0.490 e. The first-order chi connectivity index (χ1) is 12.7. The molecule has 2 heterocycles. The average Bonchev–Trinajstić information content (AvgIpc) is 3.00. The molecule has 0 atom stereocenters. The summed E-state index contributed by atoms with van der Waals surface area (Å²) in [5, 5.41) is 2.37. The van der Waals surface area contributed by atoms with Gasteiger partial charge in [0.15, 0.2) is 0 Å². The zero-order valence-electron chi connectivity index (χ0n) is 14.2. The molecule has 5 heteroatoms. The number of hydrogen-bond donors (Lipinski definition) is 0. The summed E-state index contributed by atoms with van der Waals surface area (Å²) in [5.74, 6) is 0.375. The summed E-state index contributed by atoms with van der Waals surface area (Å²) < 4.78 is 5.62. The Morgan fingerprint density at radius 2 is 1.69 bits per heavy atom. The maximum Gasteiger partial charge on any atom is 0.229 e. The zero-order valence-corrected chi connectivity index (χ0v) is 14.2. The Morgan fingerprint density at radius 1 is 0.923 bits per heavy atom. The molecule has 1 aromatic heterocycles. The summed E-state index contributed by atoms with van der Waals surface area (Å²) in [7, 11) is 0. The first-order valence-electron chi connectivity index (χ1n) is 8.62. The van der Waals surface area contributed by atoms with Crippen LogP contribution in [0.1, 0.15) is 12.8 Å². The van der Waals surface area contributed by atoms with Crippen LogP contribution in [0.25, 0.3) is 22.0 Å². The van der Waals surface area contributed by atoms with Gasteiger partial charge in [-0.1, -0.05) is 36.4 Å². The van der Waals surface area contributed by atoms with E-state index in [9.17, 15) is 9.59 Å². The Balaban J connectivity index is 1.41. The number of aromatic nitrogens is 1. The molecule has 0 aliphatic carbocycles. The molecule has 130 valence electrons. The first-order valence-corrected chi connectivity index (χ1v) is 8.62. The molecule has 4 rings (SSSR count). The maximum absolute atomic E-state index is 11.6. The Labute approximate surface area is 151 Å². The third-order valence-electron chi connectivity index (χ3n) is 4.52. The summed E-state index contributed by atoms with van der Waals surface area (Å²) in [5.41, 5.74) is 1.91. The lowest BCUT2D eigenvalue weighted by atomic mass is 10.0. The van der Waals surface area contributed by atoms with Gasteiger partial charge in [-0.25, -0.2) is 0 Å². The van der Waals surface area contributed by atoms with Gasteiger partial charge in [-0.15, -0.1) is 0 Å². The topological polar surface area (TPSA) is 59.5 Å². The van der Waals surface area contributed by atoms with Gasteiger partial charge in [-0.3, -0.25) is 19.5 Å². The number of pyridine rings is 1. The van der Waals surface area contributed by atoms with Crippen LogP contribution < -0.4 is 4.74 Å². The summed E-state index contributed by atoms with van der Waals surface area (Å²) in [4.78, 5) is 28.8. The van der Waals surface area contributed by atoms with E-state index >= 15 is 0 Å². The van der Waals surface area contributed by atoms with Crippen molar-refractivity contribution in [1.29, 1.82) is 0 Å². The Kier molecular flexibility index (Phi) is 4.35. The van der Waals surface area contributed by atoms with Gasteiger partial charge in [-0.05, 0) is 29.0 Å². The fourth-order valence-electron chi connectivity index (χ4n) is 3.11. The highest BCUT2D eigenvalue weighted by molar-refractivity contribution is 6.01. The van der Waals surface area contributed by atoms with Crippen molar-refractivity contribution in [2.45, 2.75) is 12.8 Å². The molecular weight excluding hydrogens is 328 g/mol. The van der Waals surface area contributed by atoms with Gasteiger partial charge >= 0.3 is 0 Å². The fraction of sp³-hybridized carbons (Fsp3) is 0.190. The molecule has 3 aromatic rings. The Hall–Kier alpha value is -3.21. The van der Waals surface area contributed by atoms with Gasteiger partial charge in [-0.2, -0.15) is 0 Å². The number of carbonyl (C=O) groups excluding carboxylic acids is 2. The van der Waals surface area contributed by atoms with Crippen molar-refractivity contribution < 1.29 is 14.3 Å². The van der Waals surface area contributed by atoms with Crippen LogP contribution in [-0.4, -0.2) is 34.8 Å². The first kappa shape index (κ1) is 16.3. The summed E-state index contributed by atoms with van der Waals surface area (Å²) >= 11 is 0. The minimum absolute atomic E-state index is 0.122. The number of rotatable bonds is 5. The minimum atomic E-state index is -0.122. The number of ether oxygens (including phenoxy) is 1. The van der Waals surface area contributed by atoms with Gasteiger partial charge in [0.25, 0.3) is 0 Å². The standard InChI is InChI=1S/C21H18N2O3/c24-20-9-10-21(25)23(20)11-12-26-18-7-8-19(22-14-18)17-6-5-15-3-1-2-4-16(15)13-17/h1-8,13-14H,9-12H2. The van der Waals surface area contributed by atoms with Gasteiger partial charge in [0, 0.05) is 18.4 Å². The lowest BCUT2D eigenvalue weighted by Crippen LogP contribution is -2.33. The van der Waals surface area contributed by atoms with Crippen molar-refractivity contribution in [3.63, 3.8) is 0 Å². The third-order valence-corrected chi connectivity index (χ3v) is 4.52. The Bertz CT molecular complexity index is 950. The van der Waals surface area contributed by atoms with Crippen LogP contribution in [0.5, 0.6) is 5.75 Å². The maximum atomic E-state index is 11.6. The van der Waals surface area contributed by atoms with Crippen molar-refractivity contribution in [3.05, 3.63) is 60.8 Å². The van der Waals surface area contributed by atoms with Crippen molar-refractivity contribution in [2.24, 2.45) is 0 Å². The number of benzene rings is 2. The highest BCUT2D eigenvalue weighted by Crippen LogP contribution is 2.24. The van der Waals surface area contributed by atoms with E-state index in [-0.39, 0.29) is 25.0 Å². The highest BCUT2D eigenvalue weighted by Gasteiger charge is 2.28. The van der Waals surface area contributed by atoms with Crippen LogP contribution >= 0.6 is 0 Å². The summed E-state index contributed by atoms with van der Waals surface area (Å²) in [6.07, 6.45) is 2.28. The molecule has 1 aliphatic heterocycles. The molecule has 0 unspecified atom stereocenters. The molecule has 0 radical (unpaired) electrons. The predicted molar refractivity (Wildman–Crippen MR) is 98.6 cm³/mol. The van der Waals surface area contributed by atoms with E-state index in [1.54, 1.807) is 6.20 Å². The van der Waals surface area contributed by atoms with Gasteiger partial charge < -0.3 is 4.74 Å². The molecule has 0 bridgehead atoms. The van der Waals surface area contributed by atoms with Crippen molar-refractivity contribution in [1.82, 2.24) is 9.88 Å². The molecule has 1 fully saturated rings. The van der Waals surface area contributed by atoms with E-state index in [0.717, 1.165) is 11.3 Å². The zero-order chi connectivity index (χ0) is 17.9. The number of likely N-dealkylation sites (tertiary alicyclic amines) is 1. The molecule has 0 spiro atoms. The fourth-order valence-corrected chi connectivity index (χ4v) is 3.11. The van der Waals surface area contributed by atoms with Crippen LogP contribution in [0.15, 0.2) is 60.8 Å². The van der Waals surface area contributed by atoms with Crippen LogP contribution in [-0.2, 0) is 9.59 Å². The molecule has 0 N–H and O–H groups in total. The van der Waals surface area contributed by atoms with Crippen LogP contribution in [0.3, 0.4) is 0 Å². The summed E-state index contributed by atoms with van der Waals surface area (Å²) in [6.45, 7) is 0.554. The molecule has 1 saturated heterocycles. The van der Waals surface area contributed by atoms with Crippen LogP contribution in [0.2, 0.25) is 0 Å². The second-order valence-corrected chi connectivity index (χ2v) is 6.23. The van der Waals surface area contributed by atoms with E-state index in [0.29, 0.717) is 18.6 Å². The van der Waals surface area contributed by atoms with Crippen LogP contribution in [0.4, 0.5) is 0 Å². The smallest absolute Gasteiger partial charge is 0.229 e. The van der Waals surface area contributed by atoms with E-state index < -0.39 is 0 Å². The van der Waals surface area contributed by atoms with E-state index in [1.807, 2.05) is 24.3 Å². The van der Waals surface area contributed by atoms with E-state index in [1.165, 1.54) is 15.7 Å². The lowest BCUT2D eigenvalue weighted by molar-refractivity contribution is -0.138. The lowest BCUT2D eigenvalue weighted by Gasteiger charge is -2.14. The second kappa shape index (κ2) is 6.96. The van der Waals surface area contributed by atoms with Crippen molar-refractivity contribution >= 4 is 22.6 Å². The Morgan fingerprint density at radius 3 is 2.42 bits per heavy atom. The molecule has 5 nitrogen and oxygen atoms in total. The van der Waals surface area contributed by atoms with Crippen molar-refractivity contribution in [2.75, 3.05) is 13.2 Å². The number of imide groups is 1. The number of amides is 2. The van der Waals surface area contributed by atoms with E-state index in [4.69, 9.17) is 4.74 Å². The summed E-state index contributed by atoms with van der Waals surface area (Å²) in [6, 6.07) is 18.2. The quantitative estimate of drug-likeness (QED) is 0.664. The van der Waals surface area contributed by atoms with Gasteiger partial charge in [0.05, 0.1) is 18.4 Å². The minimum Gasteiger partial charge on any atom is -0.490 e. The molecular formula is C21H18N2O3. The second-order valence-electron chi connectivity index (χ2n) is 6.23. The number of hydrogen-bond acceptors (Lipinski definition) is 4. The monoisotopic (exact) mass is 346 g/mol. The van der Waals surface area contributed by atoms with Crippen LogP contribution in [0, 0.1) is 0 Å². The average molecular weight is 346 g/mol. The molecule has 2 aromatic carbocycles. The SMILES string of the molecule is O=C1CCC(=O)N1CCOc1ccc(-c2ccc3ccccc3c2)nc1. The predicted octanol–water partition coefficient (Wildman–Crippen LogP) is 3.43. The highest BCUT2D eigenvalue weighted by atomic mass is 16.5. The third kappa shape index (κ3) is 3.28. The van der Waals surface area contributed by atoms with E-state index in [2.05, 4.69) is 35.3 Å².